The first-order chi connectivity index (χ1) is 14.7. The van der Waals surface area contributed by atoms with Crippen molar-refractivity contribution in [3.63, 3.8) is 0 Å². The van der Waals surface area contributed by atoms with Gasteiger partial charge in [-0.1, -0.05) is 11.6 Å². The second-order valence-electron chi connectivity index (χ2n) is 6.27. The lowest BCUT2D eigenvalue weighted by Crippen LogP contribution is -2.23. The van der Waals surface area contributed by atoms with Crippen LogP contribution in [0.2, 0.25) is 5.02 Å². The molecule has 0 fully saturated rings. The molecule has 0 bridgehead atoms. The highest BCUT2D eigenvalue weighted by Gasteiger charge is 2.30. The first-order valence-corrected chi connectivity index (χ1v) is 10.1. The van der Waals surface area contributed by atoms with Gasteiger partial charge in [0.05, 0.1) is 23.4 Å². The average molecular weight is 472 g/mol. The molecule has 0 aliphatic carbocycles. The molecule has 0 aliphatic rings. The summed E-state index contributed by atoms with van der Waals surface area (Å²) in [7, 11) is 1.50. The van der Waals surface area contributed by atoms with Crippen LogP contribution in [0.15, 0.2) is 46.7 Å². The monoisotopic (exact) mass is 471 g/mol. The van der Waals surface area contributed by atoms with E-state index in [1.807, 2.05) is 0 Å². The van der Waals surface area contributed by atoms with Crippen molar-refractivity contribution in [3.8, 4) is 11.4 Å². The van der Waals surface area contributed by atoms with Gasteiger partial charge in [0.2, 0.25) is 11.1 Å². The number of pyridine rings is 1. The maximum Gasteiger partial charge on any atom is 0.417 e. The summed E-state index contributed by atoms with van der Waals surface area (Å²) < 4.78 is 45.2. The summed E-state index contributed by atoms with van der Waals surface area (Å²) in [4.78, 5) is 15.0. The van der Waals surface area contributed by atoms with Gasteiger partial charge in [-0.15, -0.1) is 10.2 Å². The number of aromatic nitrogens is 4. The standard InChI is InChI=1S/C19H17ClF3N5O2S/c1-11(29)24-8-7-16-26-27-18(28(16)13-4-5-15(30-2)14(20)9-13)31-17-6-3-12(10-25-17)19(21,22)23/h3-6,9-10H,7-8H2,1-2H3,(H,24,29). The van der Waals surface area contributed by atoms with Crippen LogP contribution in [0.4, 0.5) is 13.2 Å². The van der Waals surface area contributed by atoms with E-state index in [1.54, 1.807) is 22.8 Å². The second-order valence-corrected chi connectivity index (χ2v) is 7.67. The van der Waals surface area contributed by atoms with Crippen LogP contribution in [-0.4, -0.2) is 39.3 Å². The molecular formula is C19H17ClF3N5O2S. The zero-order valence-corrected chi connectivity index (χ0v) is 18.0. The summed E-state index contributed by atoms with van der Waals surface area (Å²) in [5.41, 5.74) is -0.209. The molecule has 0 aliphatic heterocycles. The molecule has 0 radical (unpaired) electrons. The summed E-state index contributed by atoms with van der Waals surface area (Å²) in [6, 6.07) is 7.32. The smallest absolute Gasteiger partial charge is 0.417 e. The molecule has 0 unspecified atom stereocenters. The van der Waals surface area contributed by atoms with Crippen molar-refractivity contribution in [1.82, 2.24) is 25.1 Å². The van der Waals surface area contributed by atoms with Crippen molar-refractivity contribution in [2.24, 2.45) is 0 Å². The minimum atomic E-state index is -4.47. The molecule has 31 heavy (non-hydrogen) atoms. The van der Waals surface area contributed by atoms with Gasteiger partial charge in [-0.05, 0) is 42.1 Å². The van der Waals surface area contributed by atoms with Gasteiger partial charge < -0.3 is 10.1 Å². The Labute approximate surface area is 185 Å². The largest absolute Gasteiger partial charge is 0.495 e. The van der Waals surface area contributed by atoms with E-state index in [0.29, 0.717) is 45.4 Å². The van der Waals surface area contributed by atoms with Crippen molar-refractivity contribution < 1.29 is 22.7 Å². The van der Waals surface area contributed by atoms with Gasteiger partial charge in [-0.2, -0.15) is 13.2 Å². The van der Waals surface area contributed by atoms with Crippen molar-refractivity contribution in [2.75, 3.05) is 13.7 Å². The lowest BCUT2D eigenvalue weighted by Gasteiger charge is -2.12. The average Bonchev–Trinajstić information content (AvgIpc) is 3.09. The molecule has 164 valence electrons. The fraction of sp³-hybridized carbons (Fsp3) is 0.263. The van der Waals surface area contributed by atoms with Crippen LogP contribution in [0.25, 0.3) is 5.69 Å². The highest BCUT2D eigenvalue weighted by Crippen LogP contribution is 2.33. The fourth-order valence-corrected chi connectivity index (χ4v) is 3.70. The summed E-state index contributed by atoms with van der Waals surface area (Å²) in [6.45, 7) is 1.74. The van der Waals surface area contributed by atoms with E-state index in [1.165, 1.54) is 20.1 Å². The van der Waals surface area contributed by atoms with Gasteiger partial charge in [0.1, 0.15) is 16.6 Å². The number of nitrogens with zero attached hydrogens (tertiary/aromatic N) is 4. The topological polar surface area (TPSA) is 81.9 Å². The van der Waals surface area contributed by atoms with Gasteiger partial charge in [-0.3, -0.25) is 9.36 Å². The summed E-state index contributed by atoms with van der Waals surface area (Å²) in [6.07, 6.45) is -3.32. The lowest BCUT2D eigenvalue weighted by atomic mass is 10.3. The third kappa shape index (κ3) is 5.67. The molecule has 12 heteroatoms. The van der Waals surface area contributed by atoms with E-state index >= 15 is 0 Å². The van der Waals surface area contributed by atoms with Crippen LogP contribution in [-0.2, 0) is 17.4 Å². The second kappa shape index (κ2) is 9.56. The van der Waals surface area contributed by atoms with Crippen molar-refractivity contribution in [2.45, 2.75) is 29.7 Å². The van der Waals surface area contributed by atoms with Gasteiger partial charge >= 0.3 is 6.18 Å². The molecule has 1 aromatic carbocycles. The summed E-state index contributed by atoms with van der Waals surface area (Å²) in [5, 5.41) is 12.1. The number of alkyl halides is 3. The maximum absolute atomic E-state index is 12.8. The van der Waals surface area contributed by atoms with Gasteiger partial charge in [0, 0.05) is 26.1 Å². The number of methoxy groups -OCH3 is 1. The highest BCUT2D eigenvalue weighted by molar-refractivity contribution is 7.99. The van der Waals surface area contributed by atoms with Crippen LogP contribution < -0.4 is 10.1 Å². The third-order valence-electron chi connectivity index (χ3n) is 4.08. The number of hydrogen-bond acceptors (Lipinski definition) is 6. The molecule has 0 atom stereocenters. The van der Waals surface area contributed by atoms with Gasteiger partial charge in [0.15, 0.2) is 0 Å². The van der Waals surface area contributed by atoms with Crippen molar-refractivity contribution in [1.29, 1.82) is 0 Å². The number of halogens is 4. The van der Waals surface area contributed by atoms with Crippen LogP contribution in [0.3, 0.4) is 0 Å². The van der Waals surface area contributed by atoms with Crippen LogP contribution in [0.5, 0.6) is 5.75 Å². The van der Waals surface area contributed by atoms with E-state index < -0.39 is 11.7 Å². The number of carbonyl (C=O) groups is 1. The molecule has 1 N–H and O–H groups in total. The van der Waals surface area contributed by atoms with E-state index in [-0.39, 0.29) is 5.91 Å². The predicted octanol–water partition coefficient (Wildman–Crippen LogP) is 4.17. The lowest BCUT2D eigenvalue weighted by molar-refractivity contribution is -0.137. The quantitative estimate of drug-likeness (QED) is 0.557. The Morgan fingerprint density at radius 3 is 2.61 bits per heavy atom. The number of rotatable bonds is 7. The zero-order valence-electron chi connectivity index (χ0n) is 16.4. The van der Waals surface area contributed by atoms with E-state index in [0.717, 1.165) is 24.0 Å². The number of amides is 1. The Morgan fingerprint density at radius 2 is 2.03 bits per heavy atom. The van der Waals surface area contributed by atoms with Crippen LogP contribution >= 0.6 is 23.4 Å². The predicted molar refractivity (Wildman–Crippen MR) is 109 cm³/mol. The van der Waals surface area contributed by atoms with Crippen molar-refractivity contribution >= 4 is 29.3 Å². The third-order valence-corrected chi connectivity index (χ3v) is 5.27. The van der Waals surface area contributed by atoms with E-state index in [4.69, 9.17) is 16.3 Å². The number of nitrogens with one attached hydrogen (secondary N) is 1. The Bertz CT molecular complexity index is 1070. The zero-order chi connectivity index (χ0) is 22.6. The Balaban J connectivity index is 1.95. The van der Waals surface area contributed by atoms with E-state index in [2.05, 4.69) is 20.5 Å². The molecular weight excluding hydrogens is 455 g/mol. The molecule has 3 rings (SSSR count). The molecule has 0 spiro atoms. The van der Waals surface area contributed by atoms with Gasteiger partial charge in [-0.25, -0.2) is 4.98 Å². The number of hydrogen-bond donors (Lipinski definition) is 1. The molecule has 2 aromatic heterocycles. The fourth-order valence-electron chi connectivity index (χ4n) is 2.63. The van der Waals surface area contributed by atoms with Gasteiger partial charge in [0.25, 0.3) is 0 Å². The normalized spacial score (nSPS) is 11.4. The Morgan fingerprint density at radius 1 is 1.26 bits per heavy atom. The number of benzene rings is 1. The molecule has 0 saturated heterocycles. The van der Waals surface area contributed by atoms with E-state index in [9.17, 15) is 18.0 Å². The summed E-state index contributed by atoms with van der Waals surface area (Å²) >= 11 is 7.31. The Hall–Kier alpha value is -2.79. The summed E-state index contributed by atoms with van der Waals surface area (Å²) in [5.74, 6) is 0.836. The number of ether oxygens (including phenoxy) is 1. The van der Waals surface area contributed by atoms with Crippen LogP contribution in [0.1, 0.15) is 18.3 Å². The molecule has 7 nitrogen and oxygen atoms in total. The molecule has 1 amide bonds. The highest BCUT2D eigenvalue weighted by atomic mass is 35.5. The maximum atomic E-state index is 12.8. The first-order valence-electron chi connectivity index (χ1n) is 8.93. The minimum Gasteiger partial charge on any atom is -0.495 e. The molecule has 0 saturated carbocycles. The number of carbonyl (C=O) groups excluding carboxylic acids is 1. The minimum absolute atomic E-state index is 0.179. The SMILES string of the molecule is COc1ccc(-n2c(CCNC(C)=O)nnc2Sc2ccc(C(F)(F)F)cn2)cc1Cl. The van der Waals surface area contributed by atoms with Crippen LogP contribution in [0, 0.1) is 0 Å². The van der Waals surface area contributed by atoms with Crippen molar-refractivity contribution in [3.05, 3.63) is 52.9 Å². The first kappa shape index (κ1) is 22.9. The molecule has 3 aromatic rings. The Kier molecular flexibility index (Phi) is 7.06. The molecule has 2 heterocycles.